The van der Waals surface area contributed by atoms with Crippen LogP contribution in [0.1, 0.15) is 35.2 Å². The van der Waals surface area contributed by atoms with Crippen molar-refractivity contribution in [1.29, 1.82) is 0 Å². The maximum absolute atomic E-state index is 12.9. The summed E-state index contributed by atoms with van der Waals surface area (Å²) in [4.78, 5) is 29.1. The molecular weight excluding hydrogens is 388 g/mol. The van der Waals surface area contributed by atoms with Crippen LogP contribution in [0.5, 0.6) is 0 Å². The highest BCUT2D eigenvalue weighted by Gasteiger charge is 2.41. The van der Waals surface area contributed by atoms with Gasteiger partial charge in [0.05, 0.1) is 12.1 Å². The smallest absolute Gasteiger partial charge is 0.253 e. The number of ether oxygens (including phenoxy) is 1. The van der Waals surface area contributed by atoms with E-state index in [0.717, 1.165) is 24.8 Å². The van der Waals surface area contributed by atoms with E-state index in [-0.39, 0.29) is 24.0 Å². The summed E-state index contributed by atoms with van der Waals surface area (Å²) in [6.45, 7) is 2.59. The van der Waals surface area contributed by atoms with Crippen LogP contribution in [0, 0.1) is 0 Å². The Hall–Kier alpha value is -2.37. The second kappa shape index (κ2) is 8.56. The van der Waals surface area contributed by atoms with E-state index in [9.17, 15) is 9.59 Å². The Bertz CT molecular complexity index is 871. The average molecular weight is 413 g/mol. The second-order valence-corrected chi connectivity index (χ2v) is 8.30. The zero-order valence-electron chi connectivity index (χ0n) is 16.4. The molecule has 2 amide bonds. The van der Waals surface area contributed by atoms with E-state index < -0.39 is 0 Å². The maximum Gasteiger partial charge on any atom is 0.253 e. The van der Waals surface area contributed by atoms with Crippen LogP contribution in [-0.2, 0) is 16.1 Å². The molecule has 0 saturated carbocycles. The summed E-state index contributed by atoms with van der Waals surface area (Å²) in [5, 5.41) is 0.621. The summed E-state index contributed by atoms with van der Waals surface area (Å²) in [7, 11) is 0. The highest BCUT2D eigenvalue weighted by Crippen LogP contribution is 2.31. The first-order valence-corrected chi connectivity index (χ1v) is 10.4. The van der Waals surface area contributed by atoms with Gasteiger partial charge in [0.1, 0.15) is 6.61 Å². The average Bonchev–Trinajstić information content (AvgIpc) is 2.94. The van der Waals surface area contributed by atoms with Crippen molar-refractivity contribution in [2.24, 2.45) is 0 Å². The molecule has 0 radical (unpaired) electrons. The predicted octanol–water partition coefficient (Wildman–Crippen LogP) is 3.76. The molecule has 0 aromatic heterocycles. The Labute approximate surface area is 176 Å². The number of hydrogen-bond donors (Lipinski definition) is 0. The number of rotatable bonds is 3. The summed E-state index contributed by atoms with van der Waals surface area (Å²) >= 11 is 5.94. The summed E-state index contributed by atoms with van der Waals surface area (Å²) in [6, 6.07) is 17.0. The highest BCUT2D eigenvalue weighted by atomic mass is 35.5. The SMILES string of the molecule is O=C1COC2(CCCN(C(=O)c3ccc(Cl)cc3)CC2)CN1Cc1ccccc1. The molecule has 4 rings (SSSR count). The van der Waals surface area contributed by atoms with Crippen molar-refractivity contribution in [2.75, 3.05) is 26.2 Å². The first-order chi connectivity index (χ1) is 14.0. The zero-order chi connectivity index (χ0) is 20.3. The van der Waals surface area contributed by atoms with Crippen molar-refractivity contribution in [3.8, 4) is 0 Å². The third-order valence-corrected chi connectivity index (χ3v) is 6.08. The van der Waals surface area contributed by atoms with Crippen LogP contribution in [0.3, 0.4) is 0 Å². The molecular formula is C23H25ClN2O3. The Balaban J connectivity index is 1.43. The van der Waals surface area contributed by atoms with Gasteiger partial charge in [-0.25, -0.2) is 0 Å². The van der Waals surface area contributed by atoms with Gasteiger partial charge in [0.15, 0.2) is 0 Å². The molecule has 1 spiro atoms. The normalized spacial score (nSPS) is 22.6. The molecule has 2 aromatic carbocycles. The van der Waals surface area contributed by atoms with E-state index in [1.165, 1.54) is 0 Å². The van der Waals surface area contributed by atoms with Crippen LogP contribution < -0.4 is 0 Å². The van der Waals surface area contributed by atoms with Crippen molar-refractivity contribution < 1.29 is 14.3 Å². The van der Waals surface area contributed by atoms with Crippen LogP contribution in [0.4, 0.5) is 0 Å². The van der Waals surface area contributed by atoms with Crippen molar-refractivity contribution in [2.45, 2.75) is 31.4 Å². The molecule has 0 N–H and O–H groups in total. The number of nitrogens with zero attached hydrogens (tertiary/aromatic N) is 2. The minimum atomic E-state index is -0.377. The van der Waals surface area contributed by atoms with Crippen LogP contribution >= 0.6 is 11.6 Å². The summed E-state index contributed by atoms with van der Waals surface area (Å²) in [6.07, 6.45) is 2.42. The Morgan fingerprint density at radius 3 is 2.55 bits per heavy atom. The number of amides is 2. The quantitative estimate of drug-likeness (QED) is 0.771. The summed E-state index contributed by atoms with van der Waals surface area (Å²) < 4.78 is 6.07. The van der Waals surface area contributed by atoms with Gasteiger partial charge in [-0.15, -0.1) is 0 Å². The van der Waals surface area contributed by atoms with E-state index in [2.05, 4.69) is 0 Å². The van der Waals surface area contributed by atoms with Crippen molar-refractivity contribution in [1.82, 2.24) is 9.80 Å². The second-order valence-electron chi connectivity index (χ2n) is 7.86. The largest absolute Gasteiger partial charge is 0.363 e. The van der Waals surface area contributed by atoms with E-state index in [0.29, 0.717) is 36.8 Å². The molecule has 0 bridgehead atoms. The summed E-state index contributed by atoms with van der Waals surface area (Å²) in [5.74, 6) is 0.0459. The van der Waals surface area contributed by atoms with Crippen molar-refractivity contribution >= 4 is 23.4 Å². The Morgan fingerprint density at radius 1 is 1.03 bits per heavy atom. The fourth-order valence-electron chi connectivity index (χ4n) is 4.18. The van der Waals surface area contributed by atoms with Crippen LogP contribution in [0.15, 0.2) is 54.6 Å². The lowest BCUT2D eigenvalue weighted by Gasteiger charge is -2.42. The van der Waals surface area contributed by atoms with E-state index in [4.69, 9.17) is 16.3 Å². The molecule has 29 heavy (non-hydrogen) atoms. The molecule has 1 unspecified atom stereocenters. The predicted molar refractivity (Wildman–Crippen MR) is 112 cm³/mol. The summed E-state index contributed by atoms with van der Waals surface area (Å²) in [5.41, 5.74) is 1.39. The fourth-order valence-corrected chi connectivity index (χ4v) is 4.31. The number of morpholine rings is 1. The number of hydrogen-bond acceptors (Lipinski definition) is 3. The number of carbonyl (C=O) groups excluding carboxylic acids is 2. The first-order valence-electron chi connectivity index (χ1n) is 10.1. The van der Waals surface area contributed by atoms with Crippen molar-refractivity contribution in [3.05, 3.63) is 70.7 Å². The van der Waals surface area contributed by atoms with Gasteiger partial charge in [0.25, 0.3) is 5.91 Å². The third kappa shape index (κ3) is 4.62. The molecule has 2 aromatic rings. The molecule has 2 fully saturated rings. The monoisotopic (exact) mass is 412 g/mol. The molecule has 2 aliphatic heterocycles. The highest BCUT2D eigenvalue weighted by molar-refractivity contribution is 6.30. The molecule has 5 nitrogen and oxygen atoms in total. The van der Waals surface area contributed by atoms with Crippen LogP contribution in [0.2, 0.25) is 5.02 Å². The maximum atomic E-state index is 12.9. The fraction of sp³-hybridized carbons (Fsp3) is 0.391. The molecule has 0 aliphatic carbocycles. The minimum Gasteiger partial charge on any atom is -0.363 e. The standard InChI is InChI=1S/C23H25ClN2O3/c24-20-9-7-19(8-10-20)22(28)25-13-4-11-23(12-14-25)17-26(21(27)16-29-23)15-18-5-2-1-3-6-18/h1-3,5-10H,4,11-17H2. The van der Waals surface area contributed by atoms with Gasteiger partial charge < -0.3 is 14.5 Å². The number of benzene rings is 2. The van der Waals surface area contributed by atoms with Gasteiger partial charge in [-0.1, -0.05) is 41.9 Å². The van der Waals surface area contributed by atoms with Gasteiger partial charge in [0, 0.05) is 30.2 Å². The van der Waals surface area contributed by atoms with Crippen LogP contribution in [0.25, 0.3) is 0 Å². The van der Waals surface area contributed by atoms with Crippen LogP contribution in [-0.4, -0.2) is 53.5 Å². The lowest BCUT2D eigenvalue weighted by Crippen LogP contribution is -2.54. The Kier molecular flexibility index (Phi) is 5.88. The third-order valence-electron chi connectivity index (χ3n) is 5.83. The number of likely N-dealkylation sites (tertiary alicyclic amines) is 1. The van der Waals surface area contributed by atoms with Gasteiger partial charge in [0.2, 0.25) is 5.91 Å². The lowest BCUT2D eigenvalue weighted by atomic mass is 9.92. The number of halogens is 1. The molecule has 2 aliphatic rings. The Morgan fingerprint density at radius 2 is 1.79 bits per heavy atom. The zero-order valence-corrected chi connectivity index (χ0v) is 17.1. The molecule has 2 heterocycles. The lowest BCUT2D eigenvalue weighted by molar-refractivity contribution is -0.166. The van der Waals surface area contributed by atoms with Gasteiger partial charge in [-0.2, -0.15) is 0 Å². The first kappa shape index (κ1) is 19.9. The molecule has 1 atom stereocenters. The van der Waals surface area contributed by atoms with E-state index in [1.54, 1.807) is 24.3 Å². The molecule has 2 saturated heterocycles. The number of carbonyl (C=O) groups is 2. The minimum absolute atomic E-state index is 0.0201. The van der Waals surface area contributed by atoms with E-state index in [1.807, 2.05) is 40.1 Å². The topological polar surface area (TPSA) is 49.9 Å². The van der Waals surface area contributed by atoms with Crippen molar-refractivity contribution in [3.63, 3.8) is 0 Å². The van der Waals surface area contributed by atoms with E-state index >= 15 is 0 Å². The van der Waals surface area contributed by atoms with Gasteiger partial charge >= 0.3 is 0 Å². The van der Waals surface area contributed by atoms with Gasteiger partial charge in [-0.3, -0.25) is 9.59 Å². The van der Waals surface area contributed by atoms with Gasteiger partial charge in [-0.05, 0) is 49.1 Å². The molecule has 152 valence electrons. The molecule has 6 heteroatoms.